The lowest BCUT2D eigenvalue weighted by Crippen LogP contribution is -2.47. The minimum Gasteiger partial charge on any atom is -0.354 e. The van der Waals surface area contributed by atoms with E-state index in [4.69, 9.17) is 4.98 Å². The number of piperazine rings is 1. The van der Waals surface area contributed by atoms with Crippen LogP contribution in [0.25, 0.3) is 0 Å². The number of hydrogen-bond donors (Lipinski definition) is 0. The molecule has 2 aromatic rings. The van der Waals surface area contributed by atoms with E-state index in [9.17, 15) is 0 Å². The van der Waals surface area contributed by atoms with Crippen molar-refractivity contribution in [3.63, 3.8) is 0 Å². The standard InChI is InChI=1S/C20H27N5/c1-2-6-18(7-3-1)9-13-23-14-16-24(17-15-23)19-8-10-21-20(22-19)25-11-4-5-12-25/h1-3,6-8,10H,4-5,9,11-17H2. The SMILES string of the molecule is c1ccc(CCN2CCN(c3ccnc(N4CCCC4)n3)CC2)cc1. The number of nitrogens with zero attached hydrogens (tertiary/aromatic N) is 5. The lowest BCUT2D eigenvalue weighted by molar-refractivity contribution is 0.260. The molecule has 5 nitrogen and oxygen atoms in total. The van der Waals surface area contributed by atoms with Crippen LogP contribution in [0, 0.1) is 0 Å². The zero-order valence-corrected chi connectivity index (χ0v) is 14.8. The van der Waals surface area contributed by atoms with Crippen LogP contribution in [0.2, 0.25) is 0 Å². The maximum absolute atomic E-state index is 4.82. The Morgan fingerprint density at radius 1 is 0.800 bits per heavy atom. The molecule has 0 unspecified atom stereocenters. The zero-order valence-electron chi connectivity index (χ0n) is 14.8. The number of aromatic nitrogens is 2. The van der Waals surface area contributed by atoms with Crippen molar-refractivity contribution < 1.29 is 0 Å². The van der Waals surface area contributed by atoms with Gasteiger partial charge in [-0.1, -0.05) is 30.3 Å². The van der Waals surface area contributed by atoms with E-state index in [1.165, 1.54) is 18.4 Å². The third kappa shape index (κ3) is 4.10. The molecule has 0 saturated carbocycles. The Hall–Kier alpha value is -2.14. The van der Waals surface area contributed by atoms with Gasteiger partial charge in [-0.2, -0.15) is 4.98 Å². The van der Waals surface area contributed by atoms with E-state index in [1.807, 2.05) is 6.20 Å². The molecule has 0 atom stereocenters. The van der Waals surface area contributed by atoms with E-state index in [0.717, 1.165) is 64.0 Å². The van der Waals surface area contributed by atoms with E-state index in [-0.39, 0.29) is 0 Å². The molecule has 0 aliphatic carbocycles. The predicted octanol–water partition coefficient (Wildman–Crippen LogP) is 2.44. The molecule has 0 amide bonds. The highest BCUT2D eigenvalue weighted by atomic mass is 15.3. The van der Waals surface area contributed by atoms with Crippen LogP contribution in [0.5, 0.6) is 0 Å². The lowest BCUT2D eigenvalue weighted by Gasteiger charge is -2.35. The summed E-state index contributed by atoms with van der Waals surface area (Å²) in [6, 6.07) is 12.8. The van der Waals surface area contributed by atoms with Crippen LogP contribution in [-0.4, -0.2) is 60.7 Å². The summed E-state index contributed by atoms with van der Waals surface area (Å²) in [6.07, 6.45) is 5.56. The van der Waals surface area contributed by atoms with Crippen LogP contribution >= 0.6 is 0 Å². The van der Waals surface area contributed by atoms with Gasteiger partial charge >= 0.3 is 0 Å². The minimum atomic E-state index is 0.904. The first-order valence-electron chi connectivity index (χ1n) is 9.48. The van der Waals surface area contributed by atoms with E-state index < -0.39 is 0 Å². The minimum absolute atomic E-state index is 0.904. The van der Waals surface area contributed by atoms with Gasteiger partial charge < -0.3 is 9.80 Å². The van der Waals surface area contributed by atoms with Crippen LogP contribution in [0.4, 0.5) is 11.8 Å². The van der Waals surface area contributed by atoms with E-state index >= 15 is 0 Å². The highest BCUT2D eigenvalue weighted by molar-refractivity contribution is 5.44. The maximum atomic E-state index is 4.82. The average molecular weight is 337 g/mol. The molecule has 132 valence electrons. The molecule has 1 aromatic heterocycles. The van der Waals surface area contributed by atoms with Gasteiger partial charge in [0.05, 0.1) is 0 Å². The summed E-state index contributed by atoms with van der Waals surface area (Å²) in [5.41, 5.74) is 1.43. The summed E-state index contributed by atoms with van der Waals surface area (Å²) in [6.45, 7) is 7.64. The highest BCUT2D eigenvalue weighted by Crippen LogP contribution is 2.20. The van der Waals surface area contributed by atoms with Crippen molar-refractivity contribution in [3.8, 4) is 0 Å². The van der Waals surface area contributed by atoms with Crippen LogP contribution in [-0.2, 0) is 6.42 Å². The van der Waals surface area contributed by atoms with Crippen LogP contribution in [0.1, 0.15) is 18.4 Å². The van der Waals surface area contributed by atoms with E-state index in [2.05, 4.69) is 56.1 Å². The molecular formula is C20H27N5. The van der Waals surface area contributed by atoms with Gasteiger partial charge in [0.1, 0.15) is 5.82 Å². The third-order valence-electron chi connectivity index (χ3n) is 5.27. The first kappa shape index (κ1) is 16.3. The van der Waals surface area contributed by atoms with Crippen molar-refractivity contribution in [2.75, 3.05) is 55.6 Å². The van der Waals surface area contributed by atoms with Gasteiger partial charge in [-0.25, -0.2) is 4.98 Å². The lowest BCUT2D eigenvalue weighted by atomic mass is 10.1. The Balaban J connectivity index is 1.30. The van der Waals surface area contributed by atoms with E-state index in [1.54, 1.807) is 0 Å². The Labute approximate surface area is 150 Å². The molecule has 4 rings (SSSR count). The van der Waals surface area contributed by atoms with Gasteiger partial charge in [0.2, 0.25) is 5.95 Å². The summed E-state index contributed by atoms with van der Waals surface area (Å²) >= 11 is 0. The van der Waals surface area contributed by atoms with Crippen molar-refractivity contribution in [1.82, 2.24) is 14.9 Å². The number of hydrogen-bond acceptors (Lipinski definition) is 5. The molecule has 2 saturated heterocycles. The monoisotopic (exact) mass is 337 g/mol. The molecule has 1 aromatic carbocycles. The Morgan fingerprint density at radius 3 is 2.32 bits per heavy atom. The summed E-state index contributed by atoms with van der Waals surface area (Å²) < 4.78 is 0. The van der Waals surface area contributed by atoms with Crippen LogP contribution in [0.15, 0.2) is 42.6 Å². The third-order valence-corrected chi connectivity index (χ3v) is 5.27. The fourth-order valence-electron chi connectivity index (χ4n) is 3.72. The summed E-state index contributed by atoms with van der Waals surface area (Å²) in [5, 5.41) is 0. The van der Waals surface area contributed by atoms with Gasteiger partial charge in [-0.05, 0) is 30.9 Å². The van der Waals surface area contributed by atoms with Crippen molar-refractivity contribution >= 4 is 11.8 Å². The van der Waals surface area contributed by atoms with Crippen molar-refractivity contribution in [1.29, 1.82) is 0 Å². The summed E-state index contributed by atoms with van der Waals surface area (Å²) in [4.78, 5) is 16.6. The molecule has 0 radical (unpaired) electrons. The van der Waals surface area contributed by atoms with Crippen molar-refractivity contribution in [2.45, 2.75) is 19.3 Å². The van der Waals surface area contributed by atoms with Crippen molar-refractivity contribution in [2.24, 2.45) is 0 Å². The fourth-order valence-corrected chi connectivity index (χ4v) is 3.72. The first-order valence-corrected chi connectivity index (χ1v) is 9.48. The smallest absolute Gasteiger partial charge is 0.227 e. The second-order valence-electron chi connectivity index (χ2n) is 6.97. The molecule has 0 spiro atoms. The van der Waals surface area contributed by atoms with Gasteiger partial charge in [0, 0.05) is 52.0 Å². The Bertz CT molecular complexity index is 661. The molecule has 25 heavy (non-hydrogen) atoms. The molecule has 5 heteroatoms. The predicted molar refractivity (Wildman–Crippen MR) is 102 cm³/mol. The highest BCUT2D eigenvalue weighted by Gasteiger charge is 2.20. The van der Waals surface area contributed by atoms with Gasteiger partial charge in [-0.3, -0.25) is 4.90 Å². The largest absolute Gasteiger partial charge is 0.354 e. The molecule has 3 heterocycles. The molecule has 2 aliphatic heterocycles. The number of anilines is 2. The van der Waals surface area contributed by atoms with Gasteiger partial charge in [-0.15, -0.1) is 0 Å². The quantitative estimate of drug-likeness (QED) is 0.837. The molecule has 2 fully saturated rings. The molecule has 0 N–H and O–H groups in total. The molecular weight excluding hydrogens is 310 g/mol. The van der Waals surface area contributed by atoms with Crippen LogP contribution in [0.3, 0.4) is 0 Å². The number of benzene rings is 1. The normalized spacial score (nSPS) is 18.7. The Morgan fingerprint density at radius 2 is 1.56 bits per heavy atom. The molecule has 0 bridgehead atoms. The van der Waals surface area contributed by atoms with Crippen molar-refractivity contribution in [3.05, 3.63) is 48.2 Å². The number of rotatable bonds is 5. The molecule has 2 aliphatic rings. The van der Waals surface area contributed by atoms with Crippen LogP contribution < -0.4 is 9.80 Å². The Kier molecular flexibility index (Phi) is 5.11. The second kappa shape index (κ2) is 7.83. The van der Waals surface area contributed by atoms with Gasteiger partial charge in [0.25, 0.3) is 0 Å². The first-order chi connectivity index (χ1) is 12.4. The average Bonchev–Trinajstić information content (AvgIpc) is 3.23. The second-order valence-corrected chi connectivity index (χ2v) is 6.97. The zero-order chi connectivity index (χ0) is 16.9. The summed E-state index contributed by atoms with van der Waals surface area (Å²) in [5.74, 6) is 1.99. The topological polar surface area (TPSA) is 35.5 Å². The maximum Gasteiger partial charge on any atom is 0.227 e. The van der Waals surface area contributed by atoms with E-state index in [0.29, 0.717) is 0 Å². The van der Waals surface area contributed by atoms with Gasteiger partial charge in [0.15, 0.2) is 0 Å². The fraction of sp³-hybridized carbons (Fsp3) is 0.500. The summed E-state index contributed by atoms with van der Waals surface area (Å²) in [7, 11) is 0.